The van der Waals surface area contributed by atoms with Crippen LogP contribution in [-0.2, 0) is 18.4 Å². The molecule has 0 saturated carbocycles. The third-order valence-corrected chi connectivity index (χ3v) is 4.95. The van der Waals surface area contributed by atoms with Crippen molar-refractivity contribution in [3.05, 3.63) is 47.9 Å². The summed E-state index contributed by atoms with van der Waals surface area (Å²) in [6, 6.07) is 9.81. The average Bonchev–Trinajstić information content (AvgIpc) is 3.25. The number of nitrogens with zero attached hydrogens (tertiary/aromatic N) is 4. The number of hydrogen-bond acceptors (Lipinski definition) is 6. The molecule has 3 aromatic heterocycles. The number of thioether (sulfide) groups is 1. The number of hydrogen-bond donors (Lipinski definition) is 1. The highest BCUT2D eigenvalue weighted by Crippen LogP contribution is 2.26. The third-order valence-electron chi connectivity index (χ3n) is 4.11. The minimum Gasteiger partial charge on any atom is -0.467 e. The van der Waals surface area contributed by atoms with E-state index in [9.17, 15) is 4.79 Å². The van der Waals surface area contributed by atoms with Crippen LogP contribution in [0.2, 0.25) is 0 Å². The zero-order valence-electron chi connectivity index (χ0n) is 14.4. The van der Waals surface area contributed by atoms with Gasteiger partial charge >= 0.3 is 0 Å². The molecular formula is C18H17N5O2S. The van der Waals surface area contributed by atoms with Crippen molar-refractivity contribution in [3.8, 4) is 0 Å². The normalized spacial score (nSPS) is 11.3. The maximum absolute atomic E-state index is 12.0. The van der Waals surface area contributed by atoms with E-state index < -0.39 is 0 Å². The molecule has 1 N–H and O–H groups in total. The molecule has 0 unspecified atom stereocenters. The van der Waals surface area contributed by atoms with E-state index in [1.54, 1.807) is 12.3 Å². The fourth-order valence-corrected chi connectivity index (χ4v) is 3.41. The van der Waals surface area contributed by atoms with Crippen LogP contribution in [0.15, 0.2) is 46.2 Å². The maximum atomic E-state index is 12.0. The van der Waals surface area contributed by atoms with Gasteiger partial charge in [-0.3, -0.25) is 4.79 Å². The minimum absolute atomic E-state index is 0.109. The van der Waals surface area contributed by atoms with Gasteiger partial charge in [-0.2, -0.15) is 0 Å². The van der Waals surface area contributed by atoms with Gasteiger partial charge in [0.05, 0.1) is 24.1 Å². The number of benzene rings is 1. The van der Waals surface area contributed by atoms with Gasteiger partial charge in [-0.25, -0.2) is 4.98 Å². The number of furan rings is 1. The van der Waals surface area contributed by atoms with Crippen LogP contribution < -0.4 is 5.32 Å². The van der Waals surface area contributed by atoms with Gasteiger partial charge in [-0.1, -0.05) is 23.4 Å². The lowest BCUT2D eigenvalue weighted by Gasteiger charge is -2.03. The molecule has 3 heterocycles. The van der Waals surface area contributed by atoms with Gasteiger partial charge in [0.1, 0.15) is 11.3 Å². The van der Waals surface area contributed by atoms with Gasteiger partial charge in [-0.05, 0) is 31.2 Å². The predicted molar refractivity (Wildman–Crippen MR) is 99.8 cm³/mol. The first-order valence-corrected chi connectivity index (χ1v) is 9.12. The second-order valence-corrected chi connectivity index (χ2v) is 6.93. The van der Waals surface area contributed by atoms with Crippen molar-refractivity contribution >= 4 is 39.7 Å². The van der Waals surface area contributed by atoms with Crippen molar-refractivity contribution in [2.45, 2.75) is 18.6 Å². The molecule has 0 aliphatic rings. The zero-order chi connectivity index (χ0) is 18.1. The number of fused-ring (bicyclic) bond motifs is 3. The topological polar surface area (TPSA) is 85.8 Å². The number of carbonyl (C=O) groups is 1. The number of rotatable bonds is 5. The number of amides is 1. The smallest absolute Gasteiger partial charge is 0.230 e. The minimum atomic E-state index is -0.109. The van der Waals surface area contributed by atoms with Gasteiger partial charge in [0, 0.05) is 12.4 Å². The first kappa shape index (κ1) is 16.6. The molecule has 0 aliphatic heterocycles. The van der Waals surface area contributed by atoms with E-state index in [4.69, 9.17) is 4.42 Å². The van der Waals surface area contributed by atoms with Crippen molar-refractivity contribution in [2.75, 3.05) is 5.75 Å². The Bertz CT molecular complexity index is 1090. The Balaban J connectivity index is 1.49. The zero-order valence-corrected chi connectivity index (χ0v) is 15.2. The summed E-state index contributed by atoms with van der Waals surface area (Å²) in [5.74, 6) is 0.827. The molecule has 4 aromatic rings. The van der Waals surface area contributed by atoms with Crippen LogP contribution in [0.3, 0.4) is 0 Å². The summed E-state index contributed by atoms with van der Waals surface area (Å²) in [5, 5.41) is 12.8. The van der Waals surface area contributed by atoms with Crippen molar-refractivity contribution in [1.82, 2.24) is 25.1 Å². The van der Waals surface area contributed by atoms with Crippen LogP contribution in [0.4, 0.5) is 0 Å². The standard InChI is InChI=1S/C18H17N5O2S/c1-11-5-6-14-13(8-11)16-17(23(14)2)20-18(22-21-16)26-10-15(24)19-9-12-4-3-7-25-12/h3-8H,9-10H2,1-2H3,(H,19,24). The van der Waals surface area contributed by atoms with Gasteiger partial charge in [-0.15, -0.1) is 10.2 Å². The lowest BCUT2D eigenvalue weighted by atomic mass is 10.2. The lowest BCUT2D eigenvalue weighted by molar-refractivity contribution is -0.118. The van der Waals surface area contributed by atoms with Crippen LogP contribution in [0.1, 0.15) is 11.3 Å². The Morgan fingerprint density at radius 3 is 3.00 bits per heavy atom. The second kappa shape index (κ2) is 6.80. The molecule has 0 radical (unpaired) electrons. The summed E-state index contributed by atoms with van der Waals surface area (Å²) in [7, 11) is 1.96. The molecule has 0 bridgehead atoms. The molecule has 8 heteroatoms. The van der Waals surface area contributed by atoms with E-state index in [-0.39, 0.29) is 11.7 Å². The number of aromatic nitrogens is 4. The summed E-state index contributed by atoms with van der Waals surface area (Å²) >= 11 is 1.26. The molecule has 0 spiro atoms. The van der Waals surface area contributed by atoms with Gasteiger partial charge < -0.3 is 14.3 Å². The maximum Gasteiger partial charge on any atom is 0.230 e. The number of carbonyl (C=O) groups excluding carboxylic acids is 1. The highest BCUT2D eigenvalue weighted by Gasteiger charge is 2.14. The predicted octanol–water partition coefficient (Wildman–Crippen LogP) is 2.83. The molecule has 1 aromatic carbocycles. The fourth-order valence-electron chi connectivity index (χ4n) is 2.80. The van der Waals surface area contributed by atoms with Crippen molar-refractivity contribution in [2.24, 2.45) is 7.05 Å². The Kier molecular flexibility index (Phi) is 4.34. The third kappa shape index (κ3) is 3.15. The lowest BCUT2D eigenvalue weighted by Crippen LogP contribution is -2.24. The molecule has 0 atom stereocenters. The van der Waals surface area contributed by atoms with Crippen LogP contribution in [0, 0.1) is 6.92 Å². The Labute approximate surface area is 153 Å². The summed E-state index contributed by atoms with van der Waals surface area (Å²) in [6.07, 6.45) is 1.58. The highest BCUT2D eigenvalue weighted by atomic mass is 32.2. The molecule has 0 fully saturated rings. The van der Waals surface area contributed by atoms with E-state index in [0.717, 1.165) is 22.1 Å². The van der Waals surface area contributed by atoms with Crippen molar-refractivity contribution < 1.29 is 9.21 Å². The van der Waals surface area contributed by atoms with Crippen molar-refractivity contribution in [1.29, 1.82) is 0 Å². The van der Waals surface area contributed by atoms with Crippen LogP contribution >= 0.6 is 11.8 Å². The molecular weight excluding hydrogens is 350 g/mol. The van der Waals surface area contributed by atoms with Crippen LogP contribution in [-0.4, -0.2) is 31.4 Å². The largest absolute Gasteiger partial charge is 0.467 e. The Hall–Kier alpha value is -2.87. The first-order chi connectivity index (χ1) is 12.6. The van der Waals surface area contributed by atoms with Gasteiger partial charge in [0.2, 0.25) is 11.1 Å². The molecule has 7 nitrogen and oxygen atoms in total. The van der Waals surface area contributed by atoms with Crippen molar-refractivity contribution in [3.63, 3.8) is 0 Å². The van der Waals surface area contributed by atoms with E-state index in [0.29, 0.717) is 17.5 Å². The molecule has 0 aliphatic carbocycles. The number of aryl methyl sites for hydroxylation is 2. The van der Waals surface area contributed by atoms with E-state index in [1.807, 2.05) is 24.6 Å². The van der Waals surface area contributed by atoms with E-state index >= 15 is 0 Å². The van der Waals surface area contributed by atoms with E-state index in [2.05, 4.69) is 38.7 Å². The monoisotopic (exact) mass is 367 g/mol. The molecule has 132 valence electrons. The highest BCUT2D eigenvalue weighted by molar-refractivity contribution is 7.99. The van der Waals surface area contributed by atoms with Gasteiger partial charge in [0.15, 0.2) is 5.65 Å². The van der Waals surface area contributed by atoms with Crippen LogP contribution in [0.5, 0.6) is 0 Å². The molecule has 4 rings (SSSR count). The first-order valence-electron chi connectivity index (χ1n) is 8.13. The van der Waals surface area contributed by atoms with Gasteiger partial charge in [0.25, 0.3) is 0 Å². The quantitative estimate of drug-likeness (QED) is 0.546. The number of nitrogens with one attached hydrogen (secondary N) is 1. The average molecular weight is 367 g/mol. The Morgan fingerprint density at radius 2 is 2.19 bits per heavy atom. The molecule has 1 amide bonds. The summed E-state index contributed by atoms with van der Waals surface area (Å²) in [6.45, 7) is 2.41. The molecule has 26 heavy (non-hydrogen) atoms. The summed E-state index contributed by atoms with van der Waals surface area (Å²) in [4.78, 5) is 16.5. The SMILES string of the molecule is Cc1ccc2c(c1)c1nnc(SCC(=O)NCc3ccco3)nc1n2C. The Morgan fingerprint density at radius 1 is 1.31 bits per heavy atom. The van der Waals surface area contributed by atoms with E-state index in [1.165, 1.54) is 17.3 Å². The second-order valence-electron chi connectivity index (χ2n) is 5.99. The summed E-state index contributed by atoms with van der Waals surface area (Å²) in [5.41, 5.74) is 3.76. The summed E-state index contributed by atoms with van der Waals surface area (Å²) < 4.78 is 7.19. The molecule has 0 saturated heterocycles. The van der Waals surface area contributed by atoms with Crippen LogP contribution in [0.25, 0.3) is 22.1 Å². The fraction of sp³-hybridized carbons (Fsp3) is 0.222.